The highest BCUT2D eigenvalue weighted by molar-refractivity contribution is 9.10. The summed E-state index contributed by atoms with van der Waals surface area (Å²) >= 11 is 3.23. The Kier molecular flexibility index (Phi) is 5.41. The molecule has 0 radical (unpaired) electrons. The number of halogens is 2. The van der Waals surface area contributed by atoms with E-state index in [2.05, 4.69) is 20.8 Å². The van der Waals surface area contributed by atoms with Gasteiger partial charge in [0.25, 0.3) is 0 Å². The number of rotatable bonds is 4. The molecule has 2 saturated heterocycles. The van der Waals surface area contributed by atoms with E-state index in [0.717, 1.165) is 31.5 Å². The first-order valence-corrected chi connectivity index (χ1v) is 9.94. The Morgan fingerprint density at radius 3 is 2.48 bits per heavy atom. The second kappa shape index (κ2) is 7.80. The first kappa shape index (κ1) is 18.7. The topological polar surface area (TPSA) is 38.8 Å². The first-order valence-electron chi connectivity index (χ1n) is 9.14. The van der Waals surface area contributed by atoms with Gasteiger partial charge in [0.2, 0.25) is 0 Å². The van der Waals surface area contributed by atoms with Crippen LogP contribution in [0.5, 0.6) is 0 Å². The molecule has 6 heteroatoms. The molecule has 0 atom stereocenters. The van der Waals surface area contributed by atoms with Crippen LogP contribution in [-0.4, -0.2) is 42.8 Å². The summed E-state index contributed by atoms with van der Waals surface area (Å²) in [6.45, 7) is 3.66. The third-order valence-electron chi connectivity index (χ3n) is 5.26. The van der Waals surface area contributed by atoms with Gasteiger partial charge in [-0.25, -0.2) is 4.39 Å². The van der Waals surface area contributed by atoms with Crippen LogP contribution in [0.2, 0.25) is 0 Å². The average molecular weight is 434 g/mol. The van der Waals surface area contributed by atoms with E-state index in [1.54, 1.807) is 12.1 Å². The molecule has 2 aromatic carbocycles. The summed E-state index contributed by atoms with van der Waals surface area (Å²) in [6.07, 6.45) is 1.65. The van der Waals surface area contributed by atoms with Crippen LogP contribution in [-0.2, 0) is 16.0 Å². The molecule has 0 unspecified atom stereocenters. The Bertz CT molecular complexity index is 841. The number of carbonyl (C=O) groups excluding carboxylic acids is 1. The van der Waals surface area contributed by atoms with Crippen molar-refractivity contribution in [2.75, 3.05) is 26.3 Å². The summed E-state index contributed by atoms with van der Waals surface area (Å²) in [4.78, 5) is 15.2. The minimum absolute atomic E-state index is 0.0935. The van der Waals surface area contributed by atoms with Crippen LogP contribution in [0.25, 0.3) is 0 Å². The number of likely N-dealkylation sites (tertiary alicyclic amines) is 1. The maximum atomic E-state index is 14.3. The Labute approximate surface area is 166 Å². The zero-order chi connectivity index (χ0) is 18.9. The fourth-order valence-corrected chi connectivity index (χ4v) is 4.11. The first-order chi connectivity index (χ1) is 13.1. The van der Waals surface area contributed by atoms with Crippen molar-refractivity contribution >= 4 is 21.7 Å². The van der Waals surface area contributed by atoms with Gasteiger partial charge in [0.05, 0.1) is 18.8 Å². The number of benzene rings is 2. The van der Waals surface area contributed by atoms with Crippen LogP contribution >= 0.6 is 15.9 Å². The summed E-state index contributed by atoms with van der Waals surface area (Å²) in [5.41, 5.74) is 1.55. The maximum Gasteiger partial charge on any atom is 0.196 e. The van der Waals surface area contributed by atoms with E-state index in [0.29, 0.717) is 29.8 Å². The van der Waals surface area contributed by atoms with Crippen molar-refractivity contribution in [2.45, 2.75) is 25.2 Å². The second-order valence-corrected chi connectivity index (χ2v) is 7.91. The molecule has 2 aliphatic heterocycles. The van der Waals surface area contributed by atoms with Crippen molar-refractivity contribution in [3.05, 3.63) is 69.4 Å². The Morgan fingerprint density at radius 1 is 1.07 bits per heavy atom. The third kappa shape index (κ3) is 3.99. The standard InChI is InChI=1S/C21H21BrFNO3/c22-16-5-6-18(19(23)13-16)20(25)17-4-2-1-3-15(17)14-24-9-7-21(8-10-24)26-11-12-27-21/h1-6,13H,7-12,14H2. The molecule has 2 fully saturated rings. The van der Waals surface area contributed by atoms with Gasteiger partial charge in [0, 0.05) is 42.5 Å². The van der Waals surface area contributed by atoms with Gasteiger partial charge in [0.1, 0.15) is 5.82 Å². The number of hydrogen-bond acceptors (Lipinski definition) is 4. The molecule has 2 aliphatic rings. The summed E-state index contributed by atoms with van der Waals surface area (Å²) in [6, 6.07) is 12.0. The average Bonchev–Trinajstić information content (AvgIpc) is 3.12. The van der Waals surface area contributed by atoms with Gasteiger partial charge in [0.15, 0.2) is 11.6 Å². The number of hydrogen-bond donors (Lipinski definition) is 0. The number of ketones is 1. The Hall–Kier alpha value is -1.60. The molecule has 1 spiro atoms. The predicted molar refractivity (Wildman–Crippen MR) is 103 cm³/mol. The van der Waals surface area contributed by atoms with Crippen LogP contribution in [0.15, 0.2) is 46.9 Å². The molecular formula is C21H21BrFNO3. The van der Waals surface area contributed by atoms with E-state index in [1.807, 2.05) is 18.2 Å². The highest BCUT2D eigenvalue weighted by Gasteiger charge is 2.39. The van der Waals surface area contributed by atoms with E-state index >= 15 is 0 Å². The fourth-order valence-electron chi connectivity index (χ4n) is 3.78. The Balaban J connectivity index is 1.51. The molecule has 0 aromatic heterocycles. The molecule has 0 amide bonds. The number of nitrogens with zero attached hydrogens (tertiary/aromatic N) is 1. The van der Waals surface area contributed by atoms with E-state index in [-0.39, 0.29) is 11.3 Å². The Morgan fingerprint density at radius 2 is 1.78 bits per heavy atom. The summed E-state index contributed by atoms with van der Waals surface area (Å²) in [5, 5.41) is 0. The van der Waals surface area contributed by atoms with Crippen molar-refractivity contribution in [3.63, 3.8) is 0 Å². The quantitative estimate of drug-likeness (QED) is 0.678. The largest absolute Gasteiger partial charge is 0.347 e. The molecule has 0 bridgehead atoms. The monoisotopic (exact) mass is 433 g/mol. The van der Waals surface area contributed by atoms with Crippen LogP contribution in [0.3, 0.4) is 0 Å². The molecule has 4 nitrogen and oxygen atoms in total. The van der Waals surface area contributed by atoms with Gasteiger partial charge < -0.3 is 9.47 Å². The van der Waals surface area contributed by atoms with Gasteiger partial charge in [-0.2, -0.15) is 0 Å². The van der Waals surface area contributed by atoms with Crippen molar-refractivity contribution in [1.29, 1.82) is 0 Å². The lowest BCUT2D eigenvalue weighted by Gasteiger charge is -2.37. The van der Waals surface area contributed by atoms with Crippen LogP contribution in [0.4, 0.5) is 4.39 Å². The van der Waals surface area contributed by atoms with Crippen LogP contribution < -0.4 is 0 Å². The highest BCUT2D eigenvalue weighted by atomic mass is 79.9. The van der Waals surface area contributed by atoms with E-state index in [1.165, 1.54) is 12.1 Å². The lowest BCUT2D eigenvalue weighted by molar-refractivity contribution is -0.185. The molecule has 0 aliphatic carbocycles. The van der Waals surface area contributed by atoms with Gasteiger partial charge in [-0.05, 0) is 23.8 Å². The van der Waals surface area contributed by atoms with Crippen LogP contribution in [0.1, 0.15) is 34.3 Å². The summed E-state index contributed by atoms with van der Waals surface area (Å²) in [5.74, 6) is -1.21. The number of ether oxygens (including phenoxy) is 2. The SMILES string of the molecule is O=C(c1ccc(Br)cc1F)c1ccccc1CN1CCC2(CC1)OCCO2. The molecule has 142 valence electrons. The molecule has 0 N–H and O–H groups in total. The second-order valence-electron chi connectivity index (χ2n) is 6.99. The fraction of sp³-hybridized carbons (Fsp3) is 0.381. The molecular weight excluding hydrogens is 413 g/mol. The van der Waals surface area contributed by atoms with Crippen molar-refractivity contribution in [3.8, 4) is 0 Å². The van der Waals surface area contributed by atoms with Gasteiger partial charge >= 0.3 is 0 Å². The predicted octanol–water partition coefficient (Wildman–Crippen LogP) is 4.16. The molecule has 27 heavy (non-hydrogen) atoms. The zero-order valence-corrected chi connectivity index (χ0v) is 16.5. The minimum atomic E-state index is -0.514. The number of piperidine rings is 1. The van der Waals surface area contributed by atoms with Gasteiger partial charge in [-0.1, -0.05) is 40.2 Å². The summed E-state index contributed by atoms with van der Waals surface area (Å²) < 4.78 is 26.4. The lowest BCUT2D eigenvalue weighted by atomic mass is 9.96. The molecule has 2 heterocycles. The van der Waals surface area contributed by atoms with E-state index < -0.39 is 11.6 Å². The van der Waals surface area contributed by atoms with Crippen molar-refractivity contribution in [2.24, 2.45) is 0 Å². The van der Waals surface area contributed by atoms with Gasteiger partial charge in [-0.3, -0.25) is 9.69 Å². The molecule has 0 saturated carbocycles. The maximum absolute atomic E-state index is 14.3. The lowest BCUT2D eigenvalue weighted by Crippen LogP contribution is -2.44. The summed E-state index contributed by atoms with van der Waals surface area (Å²) in [7, 11) is 0. The zero-order valence-electron chi connectivity index (χ0n) is 14.9. The highest BCUT2D eigenvalue weighted by Crippen LogP contribution is 2.32. The smallest absolute Gasteiger partial charge is 0.196 e. The van der Waals surface area contributed by atoms with E-state index in [9.17, 15) is 9.18 Å². The van der Waals surface area contributed by atoms with Crippen molar-refractivity contribution < 1.29 is 18.7 Å². The van der Waals surface area contributed by atoms with Crippen molar-refractivity contribution in [1.82, 2.24) is 4.90 Å². The molecule has 4 rings (SSSR count). The van der Waals surface area contributed by atoms with Gasteiger partial charge in [-0.15, -0.1) is 0 Å². The minimum Gasteiger partial charge on any atom is -0.347 e. The van der Waals surface area contributed by atoms with E-state index in [4.69, 9.17) is 9.47 Å². The number of carbonyl (C=O) groups is 1. The molecule has 2 aromatic rings. The normalized spacial score (nSPS) is 19.5. The third-order valence-corrected chi connectivity index (χ3v) is 5.76. The van der Waals surface area contributed by atoms with Crippen LogP contribution in [0, 0.1) is 5.82 Å².